The normalized spacial score (nSPS) is 20.0. The number of aromatic nitrogens is 1. The van der Waals surface area contributed by atoms with Gasteiger partial charge in [-0.25, -0.2) is 0 Å². The summed E-state index contributed by atoms with van der Waals surface area (Å²) in [6.07, 6.45) is 2.12. The van der Waals surface area contributed by atoms with E-state index in [1.807, 2.05) is 43.9 Å². The molecule has 1 atom stereocenters. The lowest BCUT2D eigenvalue weighted by Gasteiger charge is -2.26. The predicted octanol–water partition coefficient (Wildman–Crippen LogP) is 2.71. The molecule has 92 valence electrons. The lowest BCUT2D eigenvalue weighted by atomic mass is 10.1. The van der Waals surface area contributed by atoms with Crippen molar-refractivity contribution in [3.05, 3.63) is 29.6 Å². The minimum absolute atomic E-state index is 0.0698. The molecule has 1 saturated heterocycles. The molecule has 3 heteroatoms. The van der Waals surface area contributed by atoms with Gasteiger partial charge in [-0.3, -0.25) is 9.78 Å². The van der Waals surface area contributed by atoms with E-state index in [1.54, 1.807) is 0 Å². The van der Waals surface area contributed by atoms with Crippen LogP contribution in [0.25, 0.3) is 0 Å². The molecule has 0 spiro atoms. The highest BCUT2D eigenvalue weighted by Crippen LogP contribution is 2.31. The van der Waals surface area contributed by atoms with Gasteiger partial charge in [0, 0.05) is 18.2 Å². The van der Waals surface area contributed by atoms with Crippen molar-refractivity contribution in [3.63, 3.8) is 0 Å². The molecule has 1 aliphatic heterocycles. The zero-order valence-electron chi connectivity index (χ0n) is 10.8. The molecule has 2 rings (SSSR count). The molecule has 1 fully saturated rings. The molecule has 1 unspecified atom stereocenters. The highest BCUT2D eigenvalue weighted by Gasteiger charge is 2.31. The predicted molar refractivity (Wildman–Crippen MR) is 67.5 cm³/mol. The number of carbonyl (C=O) groups excluding carboxylic acids is 1. The van der Waals surface area contributed by atoms with Gasteiger partial charge in [-0.1, -0.05) is 19.9 Å². The number of rotatable bonds is 2. The number of hydrogen-bond donors (Lipinski definition) is 0. The van der Waals surface area contributed by atoms with Gasteiger partial charge >= 0.3 is 0 Å². The topological polar surface area (TPSA) is 33.2 Å². The molecule has 0 bridgehead atoms. The van der Waals surface area contributed by atoms with Gasteiger partial charge in [0.1, 0.15) is 0 Å². The maximum atomic E-state index is 12.1. The summed E-state index contributed by atoms with van der Waals surface area (Å²) < 4.78 is 0. The molecule has 2 heterocycles. The van der Waals surface area contributed by atoms with Crippen LogP contribution in [0.2, 0.25) is 0 Å². The average molecular weight is 232 g/mol. The Morgan fingerprint density at radius 3 is 2.88 bits per heavy atom. The highest BCUT2D eigenvalue weighted by molar-refractivity contribution is 5.78. The lowest BCUT2D eigenvalue weighted by molar-refractivity contribution is -0.135. The maximum absolute atomic E-state index is 12.1. The molecule has 17 heavy (non-hydrogen) atoms. The van der Waals surface area contributed by atoms with E-state index < -0.39 is 0 Å². The standard InChI is InChI=1S/C14H20N2O/c1-10(2)14(17)16-9-5-8-13(16)12-7-4-6-11(3)15-12/h4,6-7,10,13H,5,8-9H2,1-3H3. The summed E-state index contributed by atoms with van der Waals surface area (Å²) in [7, 11) is 0. The van der Waals surface area contributed by atoms with Crippen molar-refractivity contribution in [1.82, 2.24) is 9.88 Å². The van der Waals surface area contributed by atoms with Crippen LogP contribution in [0.4, 0.5) is 0 Å². The SMILES string of the molecule is Cc1cccc(C2CCCN2C(=O)C(C)C)n1. The van der Waals surface area contributed by atoms with E-state index in [1.165, 1.54) is 0 Å². The Bertz CT molecular complexity index is 414. The second-order valence-electron chi connectivity index (χ2n) is 5.05. The lowest BCUT2D eigenvalue weighted by Crippen LogP contribution is -2.34. The van der Waals surface area contributed by atoms with Gasteiger partial charge in [-0.15, -0.1) is 0 Å². The van der Waals surface area contributed by atoms with Gasteiger partial charge < -0.3 is 4.90 Å². The second-order valence-corrected chi connectivity index (χ2v) is 5.05. The largest absolute Gasteiger partial charge is 0.334 e. The van der Waals surface area contributed by atoms with Gasteiger partial charge in [0.15, 0.2) is 0 Å². The summed E-state index contributed by atoms with van der Waals surface area (Å²) in [4.78, 5) is 18.7. The van der Waals surface area contributed by atoms with Crippen molar-refractivity contribution in [2.24, 2.45) is 5.92 Å². The first-order chi connectivity index (χ1) is 8.09. The first-order valence-corrected chi connectivity index (χ1v) is 6.33. The van der Waals surface area contributed by atoms with E-state index in [0.29, 0.717) is 0 Å². The molecular weight excluding hydrogens is 212 g/mol. The number of likely N-dealkylation sites (tertiary alicyclic amines) is 1. The Balaban J connectivity index is 2.23. The summed E-state index contributed by atoms with van der Waals surface area (Å²) in [6.45, 7) is 6.78. The third-order valence-corrected chi connectivity index (χ3v) is 3.28. The van der Waals surface area contributed by atoms with Crippen LogP contribution >= 0.6 is 0 Å². The summed E-state index contributed by atoms with van der Waals surface area (Å²) >= 11 is 0. The second kappa shape index (κ2) is 4.86. The molecule has 1 aromatic rings. The average Bonchev–Trinajstić information content (AvgIpc) is 2.76. The quantitative estimate of drug-likeness (QED) is 0.785. The Labute approximate surface area is 103 Å². The van der Waals surface area contributed by atoms with Crippen LogP contribution < -0.4 is 0 Å². The highest BCUT2D eigenvalue weighted by atomic mass is 16.2. The Hall–Kier alpha value is -1.38. The van der Waals surface area contributed by atoms with Gasteiger partial charge in [0.2, 0.25) is 5.91 Å². The maximum Gasteiger partial charge on any atom is 0.225 e. The van der Waals surface area contributed by atoms with Crippen molar-refractivity contribution in [1.29, 1.82) is 0 Å². The monoisotopic (exact) mass is 232 g/mol. The molecule has 0 aliphatic carbocycles. The van der Waals surface area contributed by atoms with Crippen LogP contribution in [0.15, 0.2) is 18.2 Å². The molecule has 0 aromatic carbocycles. The van der Waals surface area contributed by atoms with Crippen LogP contribution in [-0.2, 0) is 4.79 Å². The van der Waals surface area contributed by atoms with E-state index in [0.717, 1.165) is 30.8 Å². The molecule has 1 aliphatic rings. The van der Waals surface area contributed by atoms with Crippen molar-refractivity contribution < 1.29 is 4.79 Å². The van der Waals surface area contributed by atoms with E-state index in [-0.39, 0.29) is 17.9 Å². The van der Waals surface area contributed by atoms with E-state index in [4.69, 9.17) is 0 Å². The van der Waals surface area contributed by atoms with Crippen LogP contribution in [0.1, 0.15) is 44.1 Å². The summed E-state index contributed by atoms with van der Waals surface area (Å²) in [5.74, 6) is 0.316. The van der Waals surface area contributed by atoms with Crippen molar-refractivity contribution in [3.8, 4) is 0 Å². The minimum atomic E-state index is 0.0698. The van der Waals surface area contributed by atoms with E-state index in [9.17, 15) is 4.79 Å². The zero-order valence-corrected chi connectivity index (χ0v) is 10.8. The number of nitrogens with zero attached hydrogens (tertiary/aromatic N) is 2. The Morgan fingerprint density at radius 1 is 1.47 bits per heavy atom. The van der Waals surface area contributed by atoms with Gasteiger partial charge in [0.05, 0.1) is 11.7 Å². The number of pyridine rings is 1. The fraction of sp³-hybridized carbons (Fsp3) is 0.571. The van der Waals surface area contributed by atoms with Crippen molar-refractivity contribution in [2.45, 2.75) is 39.7 Å². The number of hydrogen-bond acceptors (Lipinski definition) is 2. The molecular formula is C14H20N2O. The van der Waals surface area contributed by atoms with Crippen LogP contribution in [0, 0.1) is 12.8 Å². The fourth-order valence-electron chi connectivity index (χ4n) is 2.42. The molecule has 0 saturated carbocycles. The van der Waals surface area contributed by atoms with E-state index >= 15 is 0 Å². The van der Waals surface area contributed by atoms with Crippen LogP contribution in [0.3, 0.4) is 0 Å². The molecule has 0 N–H and O–H groups in total. The third kappa shape index (κ3) is 2.48. The Kier molecular flexibility index (Phi) is 3.46. The van der Waals surface area contributed by atoms with Gasteiger partial charge in [-0.2, -0.15) is 0 Å². The van der Waals surface area contributed by atoms with Gasteiger partial charge in [0.25, 0.3) is 0 Å². The Morgan fingerprint density at radius 2 is 2.24 bits per heavy atom. The van der Waals surface area contributed by atoms with Crippen molar-refractivity contribution in [2.75, 3.05) is 6.54 Å². The summed E-state index contributed by atoms with van der Waals surface area (Å²) in [5.41, 5.74) is 2.06. The van der Waals surface area contributed by atoms with Crippen LogP contribution in [0.5, 0.6) is 0 Å². The third-order valence-electron chi connectivity index (χ3n) is 3.28. The molecule has 1 aromatic heterocycles. The molecule has 1 amide bonds. The first-order valence-electron chi connectivity index (χ1n) is 6.33. The number of carbonyl (C=O) groups is 1. The molecule has 0 radical (unpaired) electrons. The van der Waals surface area contributed by atoms with Crippen molar-refractivity contribution >= 4 is 5.91 Å². The first kappa shape index (κ1) is 12.1. The number of aryl methyl sites for hydroxylation is 1. The molecule has 3 nitrogen and oxygen atoms in total. The smallest absolute Gasteiger partial charge is 0.225 e. The van der Waals surface area contributed by atoms with Gasteiger partial charge in [-0.05, 0) is 31.9 Å². The van der Waals surface area contributed by atoms with E-state index in [2.05, 4.69) is 4.98 Å². The summed E-state index contributed by atoms with van der Waals surface area (Å²) in [5, 5.41) is 0. The summed E-state index contributed by atoms with van der Waals surface area (Å²) in [6, 6.07) is 6.23. The van der Waals surface area contributed by atoms with Crippen LogP contribution in [-0.4, -0.2) is 22.3 Å². The zero-order chi connectivity index (χ0) is 12.4. The fourth-order valence-corrected chi connectivity index (χ4v) is 2.42. The minimum Gasteiger partial charge on any atom is -0.334 e. The number of amides is 1.